The van der Waals surface area contributed by atoms with Gasteiger partial charge in [0.25, 0.3) is 0 Å². The van der Waals surface area contributed by atoms with Gasteiger partial charge in [-0.15, -0.1) is 24.8 Å². The van der Waals surface area contributed by atoms with Crippen LogP contribution in [0.1, 0.15) is 25.7 Å². The fraction of sp³-hybridized carbons (Fsp3) is 0.923. The lowest BCUT2D eigenvalue weighted by Gasteiger charge is -2.23. The number of carbonyl (C=O) groups excluding carboxylic acids is 1. The highest BCUT2D eigenvalue weighted by Crippen LogP contribution is 2.58. The molecule has 1 saturated carbocycles. The first-order valence-corrected chi connectivity index (χ1v) is 6.77. The average Bonchev–Trinajstić information content (AvgIpc) is 2.99. The molecule has 0 aromatic carbocycles. The minimum absolute atomic E-state index is 0. The largest absolute Gasteiger partial charge is 0.356 e. The molecule has 0 radical (unpaired) electrons. The van der Waals surface area contributed by atoms with Crippen molar-refractivity contribution in [3.05, 3.63) is 0 Å². The number of nitrogens with one attached hydrogen (secondary N) is 2. The predicted octanol–water partition coefficient (Wildman–Crippen LogP) is 1.29. The van der Waals surface area contributed by atoms with E-state index in [0.717, 1.165) is 39.0 Å². The quantitative estimate of drug-likeness (QED) is 0.752. The first-order valence-electron chi connectivity index (χ1n) is 6.77. The third kappa shape index (κ3) is 5.10. The molecule has 0 aromatic heterocycles. The van der Waals surface area contributed by atoms with Crippen LogP contribution < -0.4 is 10.6 Å². The van der Waals surface area contributed by atoms with Gasteiger partial charge in [0.15, 0.2) is 0 Å². The molecule has 2 aliphatic rings. The van der Waals surface area contributed by atoms with Crippen LogP contribution >= 0.6 is 24.8 Å². The Morgan fingerprint density at radius 3 is 2.53 bits per heavy atom. The topological polar surface area (TPSA) is 44.4 Å². The monoisotopic (exact) mass is 311 g/mol. The molecule has 1 unspecified atom stereocenters. The predicted molar refractivity (Wildman–Crippen MR) is 83.3 cm³/mol. The van der Waals surface area contributed by atoms with E-state index in [1.165, 1.54) is 12.8 Å². The lowest BCUT2D eigenvalue weighted by atomic mass is 9.92. The Morgan fingerprint density at radius 1 is 1.32 bits per heavy atom. The van der Waals surface area contributed by atoms with Crippen LogP contribution in [0, 0.1) is 11.3 Å². The van der Waals surface area contributed by atoms with Crippen LogP contribution in [0.15, 0.2) is 0 Å². The number of hydrogen-bond acceptors (Lipinski definition) is 3. The molecule has 1 spiro atoms. The summed E-state index contributed by atoms with van der Waals surface area (Å²) in [6.45, 7) is 4.04. The summed E-state index contributed by atoms with van der Waals surface area (Å²) in [4.78, 5) is 14.1. The van der Waals surface area contributed by atoms with Crippen molar-refractivity contribution in [1.29, 1.82) is 0 Å². The summed E-state index contributed by atoms with van der Waals surface area (Å²) < 4.78 is 0. The highest BCUT2D eigenvalue weighted by atomic mass is 35.5. The van der Waals surface area contributed by atoms with E-state index >= 15 is 0 Å². The summed E-state index contributed by atoms with van der Waals surface area (Å²) in [5.41, 5.74) is 0.372. The maximum atomic E-state index is 12.0. The normalized spacial score (nSPS) is 23.4. The zero-order chi connectivity index (χ0) is 12.3. The maximum absolute atomic E-state index is 12.0. The molecule has 19 heavy (non-hydrogen) atoms. The number of piperidine rings is 1. The van der Waals surface area contributed by atoms with E-state index in [9.17, 15) is 4.79 Å². The van der Waals surface area contributed by atoms with Crippen LogP contribution in [0.4, 0.5) is 0 Å². The molecule has 1 saturated heterocycles. The Kier molecular flexibility index (Phi) is 8.29. The number of hydrogen-bond donors (Lipinski definition) is 2. The van der Waals surface area contributed by atoms with Gasteiger partial charge in [0.2, 0.25) is 5.91 Å². The Labute approximate surface area is 128 Å². The third-order valence-corrected chi connectivity index (χ3v) is 4.19. The van der Waals surface area contributed by atoms with Crippen molar-refractivity contribution in [2.75, 3.05) is 40.3 Å². The molecule has 1 aliphatic heterocycles. The Morgan fingerprint density at radius 2 is 1.95 bits per heavy atom. The lowest BCUT2D eigenvalue weighted by Crippen LogP contribution is -2.34. The zero-order valence-corrected chi connectivity index (χ0v) is 13.5. The van der Waals surface area contributed by atoms with Crippen LogP contribution in [0.2, 0.25) is 0 Å². The highest BCUT2D eigenvalue weighted by Gasteiger charge is 2.57. The van der Waals surface area contributed by atoms with Crippen molar-refractivity contribution in [3.8, 4) is 0 Å². The second kappa shape index (κ2) is 8.30. The van der Waals surface area contributed by atoms with Gasteiger partial charge >= 0.3 is 0 Å². The zero-order valence-electron chi connectivity index (χ0n) is 11.9. The molecule has 2 N–H and O–H groups in total. The van der Waals surface area contributed by atoms with Gasteiger partial charge in [0.1, 0.15) is 0 Å². The standard InChI is InChI=1S/C13H25N3O.2ClH/c1-16(2)9-3-6-15-12(17)11-10-13(11)4-7-14-8-5-13;;/h11,14H,3-10H2,1-2H3,(H,15,17);2*1H. The molecule has 2 fully saturated rings. The number of rotatable bonds is 5. The van der Waals surface area contributed by atoms with Gasteiger partial charge in [-0.1, -0.05) is 0 Å². The van der Waals surface area contributed by atoms with Gasteiger partial charge in [-0.25, -0.2) is 0 Å². The number of amides is 1. The van der Waals surface area contributed by atoms with E-state index < -0.39 is 0 Å². The molecule has 0 aromatic rings. The van der Waals surface area contributed by atoms with Crippen molar-refractivity contribution >= 4 is 30.7 Å². The van der Waals surface area contributed by atoms with Crippen LogP contribution in [0.5, 0.6) is 0 Å². The maximum Gasteiger partial charge on any atom is 0.223 e. The van der Waals surface area contributed by atoms with Crippen LogP contribution in [0.3, 0.4) is 0 Å². The number of nitrogens with zero attached hydrogens (tertiary/aromatic N) is 1. The molecule has 1 heterocycles. The smallest absolute Gasteiger partial charge is 0.223 e. The molecule has 1 aliphatic carbocycles. The lowest BCUT2D eigenvalue weighted by molar-refractivity contribution is -0.123. The number of carbonyl (C=O) groups is 1. The minimum Gasteiger partial charge on any atom is -0.356 e. The van der Waals surface area contributed by atoms with E-state index in [1.54, 1.807) is 0 Å². The molecular formula is C13H27Cl2N3O. The average molecular weight is 312 g/mol. The summed E-state index contributed by atoms with van der Waals surface area (Å²) in [5, 5.41) is 6.45. The van der Waals surface area contributed by atoms with Crippen molar-refractivity contribution < 1.29 is 4.79 Å². The van der Waals surface area contributed by atoms with Gasteiger partial charge < -0.3 is 15.5 Å². The second-order valence-electron chi connectivity index (χ2n) is 5.82. The van der Waals surface area contributed by atoms with Crippen molar-refractivity contribution in [2.45, 2.75) is 25.7 Å². The first kappa shape index (κ1) is 19.0. The Bertz CT molecular complexity index is 281. The van der Waals surface area contributed by atoms with E-state index in [4.69, 9.17) is 0 Å². The second-order valence-corrected chi connectivity index (χ2v) is 5.82. The van der Waals surface area contributed by atoms with E-state index in [1.807, 2.05) is 0 Å². The first-order chi connectivity index (χ1) is 8.14. The van der Waals surface area contributed by atoms with Crippen molar-refractivity contribution in [1.82, 2.24) is 15.5 Å². The molecule has 2 rings (SSSR count). The van der Waals surface area contributed by atoms with Crippen molar-refractivity contribution in [3.63, 3.8) is 0 Å². The summed E-state index contributed by atoms with van der Waals surface area (Å²) in [6.07, 6.45) is 4.53. The summed E-state index contributed by atoms with van der Waals surface area (Å²) in [5.74, 6) is 0.606. The summed E-state index contributed by atoms with van der Waals surface area (Å²) in [7, 11) is 4.12. The molecule has 0 bridgehead atoms. The van der Waals surface area contributed by atoms with Crippen LogP contribution in [-0.2, 0) is 4.79 Å². The van der Waals surface area contributed by atoms with E-state index in [0.29, 0.717) is 17.2 Å². The van der Waals surface area contributed by atoms with Gasteiger partial charge in [0, 0.05) is 12.5 Å². The molecule has 6 heteroatoms. The SMILES string of the molecule is CN(C)CCCNC(=O)C1CC12CCNCC2.Cl.Cl. The number of halogens is 2. The van der Waals surface area contributed by atoms with Crippen molar-refractivity contribution in [2.24, 2.45) is 11.3 Å². The molecule has 1 atom stereocenters. The molecule has 1 amide bonds. The Hall–Kier alpha value is -0.0300. The van der Waals surface area contributed by atoms with Crippen LogP contribution in [0.25, 0.3) is 0 Å². The molecular weight excluding hydrogens is 285 g/mol. The van der Waals surface area contributed by atoms with E-state index in [-0.39, 0.29) is 24.8 Å². The van der Waals surface area contributed by atoms with Gasteiger partial charge in [-0.2, -0.15) is 0 Å². The molecule has 114 valence electrons. The highest BCUT2D eigenvalue weighted by molar-refractivity contribution is 5.85. The summed E-state index contributed by atoms with van der Waals surface area (Å²) in [6, 6.07) is 0. The minimum atomic E-state index is 0. The third-order valence-electron chi connectivity index (χ3n) is 4.19. The van der Waals surface area contributed by atoms with Gasteiger partial charge in [-0.05, 0) is 64.8 Å². The fourth-order valence-electron chi connectivity index (χ4n) is 2.93. The van der Waals surface area contributed by atoms with E-state index in [2.05, 4.69) is 29.6 Å². The van der Waals surface area contributed by atoms with Gasteiger partial charge in [0.05, 0.1) is 0 Å². The van der Waals surface area contributed by atoms with Crippen LogP contribution in [-0.4, -0.2) is 51.1 Å². The molecule has 4 nitrogen and oxygen atoms in total. The Balaban J connectivity index is 0.00000162. The van der Waals surface area contributed by atoms with Gasteiger partial charge in [-0.3, -0.25) is 4.79 Å². The summed E-state index contributed by atoms with van der Waals surface area (Å²) >= 11 is 0. The fourth-order valence-corrected chi connectivity index (χ4v) is 2.93.